The van der Waals surface area contributed by atoms with E-state index < -0.39 is 5.97 Å². The van der Waals surface area contributed by atoms with Crippen molar-refractivity contribution in [3.8, 4) is 11.5 Å². The number of thiazole rings is 1. The Morgan fingerprint density at radius 2 is 1.94 bits per heavy atom. The zero-order chi connectivity index (χ0) is 22.1. The molecule has 4 aromatic rings. The van der Waals surface area contributed by atoms with Crippen LogP contribution in [0.3, 0.4) is 0 Å². The van der Waals surface area contributed by atoms with E-state index >= 15 is 0 Å². The summed E-state index contributed by atoms with van der Waals surface area (Å²) in [6.45, 7) is 5.89. The molecule has 0 aliphatic carbocycles. The lowest BCUT2D eigenvalue weighted by Gasteiger charge is -2.10. The first-order valence-electron chi connectivity index (χ1n) is 9.81. The van der Waals surface area contributed by atoms with Crippen molar-refractivity contribution in [3.63, 3.8) is 0 Å². The molecule has 2 heterocycles. The van der Waals surface area contributed by atoms with Crippen LogP contribution in [0.25, 0.3) is 22.1 Å². The van der Waals surface area contributed by atoms with E-state index in [1.165, 1.54) is 18.4 Å². The Morgan fingerprint density at radius 3 is 2.68 bits per heavy atom. The first-order valence-corrected chi connectivity index (χ1v) is 10.6. The van der Waals surface area contributed by atoms with Gasteiger partial charge in [0.15, 0.2) is 23.1 Å². The van der Waals surface area contributed by atoms with Gasteiger partial charge in [0.2, 0.25) is 0 Å². The normalized spacial score (nSPS) is 11.9. The van der Waals surface area contributed by atoms with Gasteiger partial charge in [-0.3, -0.25) is 4.79 Å². The number of rotatable bonds is 6. The van der Waals surface area contributed by atoms with Crippen molar-refractivity contribution in [2.45, 2.75) is 20.8 Å². The molecule has 2 aromatic carbocycles. The highest BCUT2D eigenvalue weighted by molar-refractivity contribution is 7.15. The average Bonchev–Trinajstić information content (AvgIpc) is 3.23. The van der Waals surface area contributed by atoms with Crippen molar-refractivity contribution in [1.82, 2.24) is 9.38 Å². The van der Waals surface area contributed by atoms with E-state index in [2.05, 4.69) is 4.98 Å². The number of hydrogen-bond donors (Lipinski definition) is 0. The Hall–Kier alpha value is -3.39. The van der Waals surface area contributed by atoms with Gasteiger partial charge in [-0.05, 0) is 67.8 Å². The smallest absolute Gasteiger partial charge is 0.344 e. The molecule has 0 amide bonds. The maximum absolute atomic E-state index is 13.1. The van der Waals surface area contributed by atoms with Gasteiger partial charge >= 0.3 is 5.97 Å². The molecule has 31 heavy (non-hydrogen) atoms. The predicted octanol–water partition coefficient (Wildman–Crippen LogP) is 3.02. The molecule has 0 saturated carbocycles. The molecule has 0 atom stereocenters. The van der Waals surface area contributed by atoms with Crippen LogP contribution in [0.2, 0.25) is 0 Å². The number of imidazole rings is 1. The number of benzene rings is 2. The second kappa shape index (κ2) is 8.39. The van der Waals surface area contributed by atoms with Gasteiger partial charge in [-0.2, -0.15) is 0 Å². The Kier molecular flexibility index (Phi) is 5.65. The minimum absolute atomic E-state index is 0.104. The number of fused-ring (bicyclic) bond motifs is 3. The Bertz CT molecular complexity index is 1400. The van der Waals surface area contributed by atoms with Gasteiger partial charge in [0, 0.05) is 0 Å². The van der Waals surface area contributed by atoms with Gasteiger partial charge in [0.1, 0.15) is 0 Å². The Balaban J connectivity index is 1.71. The van der Waals surface area contributed by atoms with Gasteiger partial charge in [-0.15, -0.1) is 0 Å². The molecule has 0 aliphatic heterocycles. The zero-order valence-electron chi connectivity index (χ0n) is 17.7. The SMILES string of the molecule is CCOC(=O)COc1ccc(C=c2sc3nc4cc(C)c(C)cc4n3c2=O)cc1OC. The fourth-order valence-corrected chi connectivity index (χ4v) is 4.29. The van der Waals surface area contributed by atoms with Crippen molar-refractivity contribution in [1.29, 1.82) is 0 Å². The largest absolute Gasteiger partial charge is 0.493 e. The molecule has 0 spiro atoms. The van der Waals surface area contributed by atoms with Crippen molar-refractivity contribution < 1.29 is 19.0 Å². The Labute approximate surface area is 182 Å². The molecule has 8 heteroatoms. The summed E-state index contributed by atoms with van der Waals surface area (Å²) in [5, 5.41) is 0. The standard InChI is InChI=1S/C23H22N2O5S/c1-5-29-21(26)12-30-18-7-6-15(10-19(18)28-4)11-20-22(27)25-17-9-14(3)13(2)8-16(17)24-23(25)31-20/h6-11H,5,12H2,1-4H3. The number of esters is 1. The molecule has 2 aromatic heterocycles. The van der Waals surface area contributed by atoms with E-state index in [0.29, 0.717) is 27.6 Å². The van der Waals surface area contributed by atoms with Crippen LogP contribution in [0, 0.1) is 13.8 Å². The molecular formula is C23H22N2O5S. The van der Waals surface area contributed by atoms with E-state index in [4.69, 9.17) is 14.2 Å². The van der Waals surface area contributed by atoms with E-state index in [1.54, 1.807) is 35.6 Å². The molecule has 4 rings (SSSR count). The summed E-state index contributed by atoms with van der Waals surface area (Å²) in [5.41, 5.74) is 4.58. The number of methoxy groups -OCH3 is 1. The highest BCUT2D eigenvalue weighted by Gasteiger charge is 2.13. The lowest BCUT2D eigenvalue weighted by atomic mass is 10.1. The van der Waals surface area contributed by atoms with Crippen LogP contribution in [0.1, 0.15) is 23.6 Å². The lowest BCUT2D eigenvalue weighted by molar-refractivity contribution is -0.145. The van der Waals surface area contributed by atoms with Crippen molar-refractivity contribution in [2.24, 2.45) is 0 Å². The van der Waals surface area contributed by atoms with E-state index in [-0.39, 0.29) is 12.2 Å². The number of carbonyl (C=O) groups is 1. The summed E-state index contributed by atoms with van der Waals surface area (Å²) >= 11 is 1.34. The van der Waals surface area contributed by atoms with Crippen LogP contribution in [-0.2, 0) is 9.53 Å². The first-order chi connectivity index (χ1) is 14.9. The lowest BCUT2D eigenvalue weighted by Crippen LogP contribution is -2.22. The van der Waals surface area contributed by atoms with Gasteiger partial charge in [0.25, 0.3) is 5.56 Å². The van der Waals surface area contributed by atoms with E-state index in [1.807, 2.05) is 26.0 Å². The van der Waals surface area contributed by atoms with E-state index in [0.717, 1.165) is 27.7 Å². The molecule has 0 unspecified atom stereocenters. The van der Waals surface area contributed by atoms with Crippen LogP contribution < -0.4 is 19.6 Å². The maximum Gasteiger partial charge on any atom is 0.344 e. The minimum Gasteiger partial charge on any atom is -0.493 e. The average molecular weight is 439 g/mol. The molecule has 0 N–H and O–H groups in total. The monoisotopic (exact) mass is 438 g/mol. The summed E-state index contributed by atoms with van der Waals surface area (Å²) in [6, 6.07) is 9.27. The molecule has 0 radical (unpaired) electrons. The summed E-state index contributed by atoms with van der Waals surface area (Å²) in [7, 11) is 1.52. The fraction of sp³-hybridized carbons (Fsp3) is 0.261. The molecule has 0 saturated heterocycles. The zero-order valence-corrected chi connectivity index (χ0v) is 18.5. The second-order valence-electron chi connectivity index (χ2n) is 7.07. The fourth-order valence-electron chi connectivity index (χ4n) is 3.30. The number of aryl methyl sites for hydroxylation is 2. The number of hydrogen-bond acceptors (Lipinski definition) is 7. The predicted molar refractivity (Wildman–Crippen MR) is 120 cm³/mol. The molecule has 160 valence electrons. The topological polar surface area (TPSA) is 79.1 Å². The number of carbonyl (C=O) groups excluding carboxylic acids is 1. The Morgan fingerprint density at radius 1 is 1.16 bits per heavy atom. The summed E-state index contributed by atoms with van der Waals surface area (Å²) in [5.74, 6) is 0.437. The summed E-state index contributed by atoms with van der Waals surface area (Å²) < 4.78 is 18.0. The maximum atomic E-state index is 13.1. The summed E-state index contributed by atoms with van der Waals surface area (Å²) in [4.78, 5) is 29.9. The number of nitrogens with zero attached hydrogens (tertiary/aromatic N) is 2. The van der Waals surface area contributed by atoms with Gasteiger partial charge < -0.3 is 14.2 Å². The summed E-state index contributed by atoms with van der Waals surface area (Å²) in [6.07, 6.45) is 1.80. The van der Waals surface area contributed by atoms with Crippen LogP contribution >= 0.6 is 11.3 Å². The van der Waals surface area contributed by atoms with Crippen LogP contribution in [0.4, 0.5) is 0 Å². The van der Waals surface area contributed by atoms with Crippen LogP contribution in [0.5, 0.6) is 11.5 Å². The first kappa shape index (κ1) is 20.9. The molecular weight excluding hydrogens is 416 g/mol. The van der Waals surface area contributed by atoms with Crippen molar-refractivity contribution in [3.05, 3.63) is 61.9 Å². The molecule has 0 bridgehead atoms. The van der Waals surface area contributed by atoms with Gasteiger partial charge in [0.05, 0.1) is 29.3 Å². The molecule has 0 fully saturated rings. The highest BCUT2D eigenvalue weighted by Crippen LogP contribution is 2.28. The van der Waals surface area contributed by atoms with Gasteiger partial charge in [-0.1, -0.05) is 17.4 Å². The molecule has 0 aliphatic rings. The second-order valence-corrected chi connectivity index (χ2v) is 8.08. The third-order valence-electron chi connectivity index (χ3n) is 4.99. The van der Waals surface area contributed by atoms with Crippen LogP contribution in [-0.4, -0.2) is 35.7 Å². The van der Waals surface area contributed by atoms with E-state index in [9.17, 15) is 9.59 Å². The minimum atomic E-state index is -0.448. The number of ether oxygens (including phenoxy) is 3. The number of aromatic nitrogens is 2. The van der Waals surface area contributed by atoms with Crippen LogP contribution in [0.15, 0.2) is 35.1 Å². The molecule has 7 nitrogen and oxygen atoms in total. The van der Waals surface area contributed by atoms with Crippen molar-refractivity contribution >= 4 is 39.4 Å². The highest BCUT2D eigenvalue weighted by atomic mass is 32.1. The third kappa shape index (κ3) is 3.98. The van der Waals surface area contributed by atoms with Crippen molar-refractivity contribution in [2.75, 3.05) is 20.3 Å². The van der Waals surface area contributed by atoms with Gasteiger partial charge in [-0.25, -0.2) is 14.2 Å². The third-order valence-corrected chi connectivity index (χ3v) is 5.96. The quantitative estimate of drug-likeness (QED) is 0.431.